The van der Waals surface area contributed by atoms with Gasteiger partial charge in [0.2, 0.25) is 0 Å². The number of alkyl halides is 5. The van der Waals surface area contributed by atoms with E-state index in [2.05, 4.69) is 38.1 Å². The van der Waals surface area contributed by atoms with Gasteiger partial charge in [0.15, 0.2) is 5.78 Å². The number of carbonyl (C=O) groups is 1. The maximum Gasteiger partial charge on any atom is 0.456 e. The summed E-state index contributed by atoms with van der Waals surface area (Å²) < 4.78 is 71.3. The Kier molecular flexibility index (Phi) is 12.4. The maximum absolute atomic E-state index is 15.1. The average molecular weight is 711 g/mol. The fourth-order valence-corrected chi connectivity index (χ4v) is 11.8. The number of aliphatic hydroxyl groups is 1. The number of unbranched alkanes of at least 4 members (excludes halogenated alkanes) is 10. The number of carbonyl (C=O) groups excluding carboxylic acids is 1. The number of rotatable bonds is 16. The van der Waals surface area contributed by atoms with Gasteiger partial charge in [-0.3, -0.25) is 4.79 Å². The van der Waals surface area contributed by atoms with Crippen molar-refractivity contribution in [3.63, 3.8) is 0 Å². The van der Waals surface area contributed by atoms with Crippen LogP contribution in [0.25, 0.3) is 0 Å². The molecule has 0 saturated heterocycles. The van der Waals surface area contributed by atoms with Crippen LogP contribution in [0.3, 0.4) is 0 Å². The van der Waals surface area contributed by atoms with E-state index in [0.717, 1.165) is 31.3 Å². The van der Waals surface area contributed by atoms with E-state index in [1.807, 2.05) is 17.8 Å². The molecule has 0 heterocycles. The molecule has 3 saturated carbocycles. The van der Waals surface area contributed by atoms with Gasteiger partial charge in [0.1, 0.15) is 5.60 Å². The van der Waals surface area contributed by atoms with E-state index in [-0.39, 0.29) is 41.8 Å². The fourth-order valence-electron chi connectivity index (χ4n) is 10.8. The Labute approximate surface area is 295 Å². The predicted molar refractivity (Wildman–Crippen MR) is 189 cm³/mol. The highest BCUT2D eigenvalue weighted by Crippen LogP contribution is 2.72. The summed E-state index contributed by atoms with van der Waals surface area (Å²) in [5, 5.41) is 11.3. The number of hydrogen-bond acceptors (Lipinski definition) is 3. The fraction of sp³-hybridized carbons (Fsp3) is 0.780. The van der Waals surface area contributed by atoms with Crippen LogP contribution in [0.15, 0.2) is 40.8 Å². The van der Waals surface area contributed by atoms with Crippen LogP contribution in [0.4, 0.5) is 22.0 Å². The lowest BCUT2D eigenvalue weighted by atomic mass is 9.43. The first-order chi connectivity index (χ1) is 23.1. The molecule has 0 spiro atoms. The first kappa shape index (κ1) is 38.8. The van der Waals surface area contributed by atoms with E-state index >= 15 is 8.78 Å². The highest BCUT2D eigenvalue weighted by molar-refractivity contribution is 7.99. The third-order valence-corrected chi connectivity index (χ3v) is 14.7. The molecule has 4 aliphatic carbocycles. The summed E-state index contributed by atoms with van der Waals surface area (Å²) in [4.78, 5) is 13.9. The summed E-state index contributed by atoms with van der Waals surface area (Å²) in [6.45, 7) is 5.84. The Balaban J connectivity index is 1.08. The molecule has 8 heteroatoms. The number of thioether (sulfide) groups is 1. The summed E-state index contributed by atoms with van der Waals surface area (Å²) >= 11 is 1.95. The molecule has 5 rings (SSSR count). The smallest absolute Gasteiger partial charge is 0.383 e. The standard InChI is InChI=1S/C41H59F5O2S/c1-29-16-15-18-33(26-29)49-25-14-12-10-8-6-4-5-7-9-11-13-17-30-27-31-28-32(47)19-22-37(31,2)34-20-23-38(3)35(36(30)34)21-24-39(38,48)40(42,43)41(44,45)46/h15-16,18,26,28,30,34-36,48H,4-14,17,19-25,27H2,1-3H3/t30?,34-,35+,36-,37+,38+,39?/m1/s1. The van der Waals surface area contributed by atoms with Crippen molar-refractivity contribution in [2.24, 2.45) is 34.5 Å². The molecule has 276 valence electrons. The Hall–Kier alpha value is -1.41. The highest BCUT2D eigenvalue weighted by Gasteiger charge is 2.79. The molecule has 3 fully saturated rings. The Bertz CT molecular complexity index is 1310. The van der Waals surface area contributed by atoms with Crippen LogP contribution >= 0.6 is 11.8 Å². The van der Waals surface area contributed by atoms with E-state index in [0.29, 0.717) is 25.7 Å². The predicted octanol–water partition coefficient (Wildman–Crippen LogP) is 12.5. The van der Waals surface area contributed by atoms with E-state index in [1.165, 1.54) is 74.5 Å². The molecule has 1 N–H and O–H groups in total. The molecule has 4 aliphatic rings. The lowest BCUT2D eigenvalue weighted by Crippen LogP contribution is -2.66. The van der Waals surface area contributed by atoms with Gasteiger partial charge in [-0.25, -0.2) is 0 Å². The molecule has 2 nitrogen and oxygen atoms in total. The highest BCUT2D eigenvalue weighted by atomic mass is 32.2. The number of benzene rings is 1. The van der Waals surface area contributed by atoms with Gasteiger partial charge in [-0.05, 0) is 111 Å². The summed E-state index contributed by atoms with van der Waals surface area (Å²) in [6, 6.07) is 8.70. The van der Waals surface area contributed by atoms with Gasteiger partial charge in [0, 0.05) is 16.7 Å². The molecular formula is C41H59F5O2S. The van der Waals surface area contributed by atoms with Gasteiger partial charge in [-0.1, -0.05) is 101 Å². The number of aryl methyl sites for hydroxylation is 1. The van der Waals surface area contributed by atoms with E-state index in [1.54, 1.807) is 0 Å². The molecule has 0 amide bonds. The van der Waals surface area contributed by atoms with E-state index in [4.69, 9.17) is 0 Å². The second-order valence-electron chi connectivity index (χ2n) is 16.6. The lowest BCUT2D eigenvalue weighted by Gasteiger charge is -2.62. The second-order valence-corrected chi connectivity index (χ2v) is 17.7. The van der Waals surface area contributed by atoms with Crippen LogP contribution in [-0.2, 0) is 4.79 Å². The minimum absolute atomic E-state index is 0.0201. The third-order valence-electron chi connectivity index (χ3n) is 13.6. The van der Waals surface area contributed by atoms with Crippen molar-refractivity contribution in [2.45, 2.75) is 165 Å². The molecule has 1 aromatic carbocycles. The second kappa shape index (κ2) is 15.7. The van der Waals surface area contributed by atoms with Crippen molar-refractivity contribution >= 4 is 17.5 Å². The van der Waals surface area contributed by atoms with Crippen molar-refractivity contribution in [2.75, 3.05) is 5.75 Å². The quantitative estimate of drug-likeness (QED) is 0.105. The summed E-state index contributed by atoms with van der Waals surface area (Å²) in [7, 11) is 0. The molecule has 0 bridgehead atoms. The number of hydrogen-bond donors (Lipinski definition) is 1. The lowest BCUT2D eigenvalue weighted by molar-refractivity contribution is -0.364. The van der Waals surface area contributed by atoms with Gasteiger partial charge in [0.25, 0.3) is 0 Å². The monoisotopic (exact) mass is 710 g/mol. The van der Waals surface area contributed by atoms with Crippen LogP contribution in [-0.4, -0.2) is 34.3 Å². The Morgan fingerprint density at radius 2 is 1.45 bits per heavy atom. The molecule has 7 atom stereocenters. The van der Waals surface area contributed by atoms with Gasteiger partial charge in [-0.2, -0.15) is 22.0 Å². The van der Waals surface area contributed by atoms with Crippen LogP contribution in [0.5, 0.6) is 0 Å². The van der Waals surface area contributed by atoms with Crippen molar-refractivity contribution < 1.29 is 31.9 Å². The van der Waals surface area contributed by atoms with E-state index in [9.17, 15) is 23.1 Å². The molecule has 49 heavy (non-hydrogen) atoms. The zero-order valence-electron chi connectivity index (χ0n) is 30.0. The molecule has 0 aliphatic heterocycles. The van der Waals surface area contributed by atoms with Crippen molar-refractivity contribution in [1.82, 2.24) is 0 Å². The van der Waals surface area contributed by atoms with Gasteiger partial charge in [-0.15, -0.1) is 11.8 Å². The van der Waals surface area contributed by atoms with Crippen molar-refractivity contribution in [1.29, 1.82) is 0 Å². The Morgan fingerprint density at radius 3 is 2.08 bits per heavy atom. The Morgan fingerprint density at radius 1 is 0.837 bits per heavy atom. The number of fused-ring (bicyclic) bond motifs is 5. The molecule has 1 aromatic rings. The van der Waals surface area contributed by atoms with Crippen LogP contribution < -0.4 is 0 Å². The molecular weight excluding hydrogens is 652 g/mol. The minimum atomic E-state index is -5.80. The topological polar surface area (TPSA) is 37.3 Å². The minimum Gasteiger partial charge on any atom is -0.383 e. The SMILES string of the molecule is Cc1cccc(SCCCCCCCCCCCCCC2CC3=CC(=O)CC[C@]3(C)[C@@H]3CC[C@@]4(C)[C@@H](CCC4(O)C(F)(F)C(F)(F)F)[C@H]23)c1. The first-order valence-electron chi connectivity index (χ1n) is 19.2. The zero-order chi connectivity index (χ0) is 35.5. The van der Waals surface area contributed by atoms with Crippen molar-refractivity contribution in [3.8, 4) is 0 Å². The average Bonchev–Trinajstić information content (AvgIpc) is 3.32. The van der Waals surface area contributed by atoms with Crippen molar-refractivity contribution in [3.05, 3.63) is 41.5 Å². The number of halogens is 5. The molecule has 0 radical (unpaired) electrons. The summed E-state index contributed by atoms with van der Waals surface area (Å²) in [5.41, 5.74) is -2.36. The maximum atomic E-state index is 15.1. The number of allylic oxidation sites excluding steroid dienone is 1. The summed E-state index contributed by atoms with van der Waals surface area (Å²) in [6.07, 6.45) is 12.5. The van der Waals surface area contributed by atoms with Crippen LogP contribution in [0.2, 0.25) is 0 Å². The van der Waals surface area contributed by atoms with Gasteiger partial charge in [0.05, 0.1) is 0 Å². The van der Waals surface area contributed by atoms with Crippen LogP contribution in [0.1, 0.15) is 141 Å². The first-order valence-corrected chi connectivity index (χ1v) is 20.2. The largest absolute Gasteiger partial charge is 0.456 e. The van der Waals surface area contributed by atoms with Gasteiger partial charge >= 0.3 is 12.1 Å². The molecule has 0 aromatic heterocycles. The zero-order valence-corrected chi connectivity index (χ0v) is 30.8. The summed E-state index contributed by atoms with van der Waals surface area (Å²) in [5.74, 6) is -3.98. The van der Waals surface area contributed by atoms with Crippen LogP contribution in [0, 0.1) is 41.4 Å². The molecule has 2 unspecified atom stereocenters. The van der Waals surface area contributed by atoms with Gasteiger partial charge < -0.3 is 5.11 Å². The number of ketones is 1. The van der Waals surface area contributed by atoms with E-state index < -0.39 is 35.5 Å². The normalized spacial score (nSPS) is 33.2. The third kappa shape index (κ3) is 7.86.